The van der Waals surface area contributed by atoms with E-state index in [1.54, 1.807) is 78.9 Å². The highest BCUT2D eigenvalue weighted by atomic mass is 35.5. The van der Waals surface area contributed by atoms with Gasteiger partial charge in [0.1, 0.15) is 57.8 Å². The Kier molecular flexibility index (Phi) is 24.0. The van der Waals surface area contributed by atoms with Crippen molar-refractivity contribution in [3.63, 3.8) is 0 Å². The summed E-state index contributed by atoms with van der Waals surface area (Å²) in [7, 11) is 0. The van der Waals surface area contributed by atoms with Crippen molar-refractivity contribution in [2.75, 3.05) is 0 Å². The van der Waals surface area contributed by atoms with Crippen molar-refractivity contribution in [1.29, 1.82) is 15.8 Å². The minimum Gasteiger partial charge on any atom is -0.478 e. The summed E-state index contributed by atoms with van der Waals surface area (Å²) in [6, 6.07) is 35.6. The van der Waals surface area contributed by atoms with Gasteiger partial charge in [-0.2, -0.15) is 46.4 Å². The Hall–Kier alpha value is -11.8. The monoisotopic (exact) mass is 1550 g/mol. The highest BCUT2D eigenvalue weighted by molar-refractivity contribution is 6.33. The number of amides is 2. The van der Waals surface area contributed by atoms with Gasteiger partial charge in [-0.25, -0.2) is 18.0 Å². The number of fused-ring (bicyclic) bond motifs is 6. The number of nitrogens with two attached hydrogens (primary N) is 1. The van der Waals surface area contributed by atoms with Crippen LogP contribution in [-0.4, -0.2) is 97.8 Å². The molecule has 0 atom stereocenters. The number of nitrogens with one attached hydrogen (secondary N) is 5. The largest absolute Gasteiger partial charge is 0.478 e. The molecule has 9 aromatic heterocycles. The van der Waals surface area contributed by atoms with Gasteiger partial charge in [0.05, 0.1) is 92.6 Å². The summed E-state index contributed by atoms with van der Waals surface area (Å²) in [6.45, 7) is 1.15. The lowest BCUT2D eigenvalue weighted by atomic mass is 10.1. The van der Waals surface area contributed by atoms with E-state index in [1.165, 1.54) is 69.4 Å². The molecule has 6 aromatic carbocycles. The van der Waals surface area contributed by atoms with E-state index in [-0.39, 0.29) is 103 Å². The molecule has 35 heteroatoms. The van der Waals surface area contributed by atoms with Crippen molar-refractivity contribution in [2.24, 2.45) is 5.73 Å². The summed E-state index contributed by atoms with van der Waals surface area (Å²) in [6.07, 6.45) is 8.26. The second-order valence-corrected chi connectivity index (χ2v) is 25.1. The van der Waals surface area contributed by atoms with Gasteiger partial charge in [-0.1, -0.05) is 77.0 Å². The molecular formula is C70H49Cl7F3N21O4. The van der Waals surface area contributed by atoms with Gasteiger partial charge in [-0.05, 0) is 126 Å². The number of carbonyl (C=O) groups excluding carboxylic acids is 2. The maximum atomic E-state index is 14.5. The van der Waals surface area contributed by atoms with Crippen LogP contribution in [0, 0.1) is 51.4 Å². The Morgan fingerprint density at radius 2 is 0.781 bits per heavy atom. The molecule has 0 radical (unpaired) electrons. The second-order valence-electron chi connectivity index (χ2n) is 22.5. The Morgan fingerprint density at radius 3 is 1.10 bits per heavy atom. The summed E-state index contributed by atoms with van der Waals surface area (Å²) < 4.78 is 47.1. The second kappa shape index (κ2) is 33.1. The predicted molar refractivity (Wildman–Crippen MR) is 393 cm³/mol. The van der Waals surface area contributed by atoms with E-state index < -0.39 is 35.2 Å². The molecule has 0 aliphatic heterocycles. The number of H-pyrrole nitrogens is 3. The van der Waals surface area contributed by atoms with Crippen molar-refractivity contribution in [3.05, 3.63) is 262 Å². The van der Waals surface area contributed by atoms with Gasteiger partial charge < -0.3 is 21.5 Å². The van der Waals surface area contributed by atoms with Gasteiger partial charge in [0, 0.05) is 91.1 Å². The summed E-state index contributed by atoms with van der Waals surface area (Å²) in [5.41, 5.74) is 12.2. The van der Waals surface area contributed by atoms with Crippen LogP contribution in [0.25, 0.3) is 65.4 Å². The van der Waals surface area contributed by atoms with Crippen LogP contribution in [0.4, 0.5) is 13.2 Å². The molecule has 9 heterocycles. The minimum absolute atomic E-state index is 0. The fraction of sp³-hybridized carbons (Fsp3) is 0.100. The summed E-state index contributed by atoms with van der Waals surface area (Å²) in [4.78, 5) is 48.6. The number of aromatic nitrogens is 15. The number of rotatable bonds is 14. The molecule has 8 N–H and O–H groups in total. The molecule has 2 amide bonds. The lowest BCUT2D eigenvalue weighted by Gasteiger charge is -2.06. The number of pyridine rings is 3. The van der Waals surface area contributed by atoms with E-state index >= 15 is 0 Å². The van der Waals surface area contributed by atoms with Crippen LogP contribution in [0.3, 0.4) is 0 Å². The van der Waals surface area contributed by atoms with Gasteiger partial charge in [0.25, 0.3) is 11.8 Å². The van der Waals surface area contributed by atoms with E-state index in [0.29, 0.717) is 80.9 Å². The molecule has 0 bridgehead atoms. The molecule has 0 saturated carbocycles. The number of aromatic amines is 3. The zero-order valence-corrected chi connectivity index (χ0v) is 58.2. The lowest BCUT2D eigenvalue weighted by molar-refractivity contribution is 0.0695. The average Bonchev–Trinajstić information content (AvgIpc) is 1.73. The average molecular weight is 1550 g/mol. The topological polar surface area (TPSA) is 371 Å². The maximum absolute atomic E-state index is 14.5. The van der Waals surface area contributed by atoms with Crippen molar-refractivity contribution in [1.82, 2.24) is 85.5 Å². The minimum atomic E-state index is -1.24. The Labute approximate surface area is 627 Å². The van der Waals surface area contributed by atoms with E-state index in [0.717, 1.165) is 38.4 Å². The first-order chi connectivity index (χ1) is 49.6. The third-order valence-electron chi connectivity index (χ3n) is 15.5. The number of nitrogens with zero attached hydrogens (tertiary/aromatic N) is 15. The van der Waals surface area contributed by atoms with E-state index in [1.807, 2.05) is 30.3 Å². The van der Waals surface area contributed by atoms with Crippen LogP contribution in [-0.2, 0) is 39.3 Å². The van der Waals surface area contributed by atoms with Crippen molar-refractivity contribution < 1.29 is 32.7 Å². The first-order valence-electron chi connectivity index (χ1n) is 30.1. The SMILES string of the molecule is C.Cl.N#Cc1nn(Cc2cc(F)c3ncc(Cl)cc3c2)cc1C(=O)NCc1[nH]nc2ccc(Cl)cc12.N#Cc1nn(Cc2cc(F)c3ncc(Cl)cc3c2)cc1C(=O)NCc1[nH]nc2ccc(Cl)cc12.N#Cc1nn(Cc2cc(F)c3ncc(Cl)cc3c2)cc1C(=O)O.NCc1[nH]nc2ccc(Cl)cc12. The van der Waals surface area contributed by atoms with Crippen LogP contribution in [0.2, 0.25) is 30.1 Å². The molecule has 0 unspecified atom stereocenters. The molecule has 0 aliphatic carbocycles. The zero-order valence-electron chi connectivity index (χ0n) is 52.9. The van der Waals surface area contributed by atoms with E-state index in [9.17, 15) is 38.1 Å². The van der Waals surface area contributed by atoms with Crippen molar-refractivity contribution in [2.45, 2.75) is 46.7 Å². The van der Waals surface area contributed by atoms with Crippen molar-refractivity contribution >= 4 is 165 Å². The van der Waals surface area contributed by atoms with Crippen LogP contribution in [0.1, 0.15) is 89.4 Å². The summed E-state index contributed by atoms with van der Waals surface area (Å²) >= 11 is 35.7. The Morgan fingerprint density at radius 1 is 0.467 bits per heavy atom. The fourth-order valence-electron chi connectivity index (χ4n) is 10.8. The quantitative estimate of drug-likeness (QED) is 0.0532. The lowest BCUT2D eigenvalue weighted by Crippen LogP contribution is -2.23. The Balaban J connectivity index is 0.000000157. The highest BCUT2D eigenvalue weighted by Gasteiger charge is 2.22. The van der Waals surface area contributed by atoms with Gasteiger partial charge in [0.2, 0.25) is 0 Å². The zero-order chi connectivity index (χ0) is 72.8. The molecule has 0 spiro atoms. The normalized spacial score (nSPS) is 10.8. The molecule has 15 rings (SSSR count). The van der Waals surface area contributed by atoms with Gasteiger partial charge in [0.15, 0.2) is 17.1 Å². The predicted octanol–water partition coefficient (Wildman–Crippen LogP) is 14.8. The number of carboxylic acid groups (broad SMARTS) is 1. The number of halogens is 10. The number of nitriles is 3. The molecule has 25 nitrogen and oxygen atoms in total. The first-order valence-corrected chi connectivity index (χ1v) is 32.4. The highest BCUT2D eigenvalue weighted by Crippen LogP contribution is 2.28. The summed E-state index contributed by atoms with van der Waals surface area (Å²) in [5, 5.41) is 82.8. The third kappa shape index (κ3) is 17.5. The molecule has 0 fully saturated rings. The molecular weight excluding hydrogens is 1500 g/mol. The van der Waals surface area contributed by atoms with Gasteiger partial charge in [-0.3, -0.25) is 53.9 Å². The van der Waals surface area contributed by atoms with Crippen molar-refractivity contribution in [3.8, 4) is 18.2 Å². The fourth-order valence-corrected chi connectivity index (χ4v) is 11.9. The first kappa shape index (κ1) is 75.9. The number of carboxylic acids is 1. The molecule has 0 saturated heterocycles. The molecule has 15 aromatic rings. The van der Waals surface area contributed by atoms with Crippen LogP contribution < -0.4 is 16.4 Å². The van der Waals surface area contributed by atoms with E-state index in [4.69, 9.17) is 85.7 Å². The number of benzene rings is 6. The maximum Gasteiger partial charge on any atom is 0.340 e. The van der Waals surface area contributed by atoms with E-state index in [2.05, 4.69) is 71.5 Å². The summed E-state index contributed by atoms with van der Waals surface area (Å²) in [5.74, 6) is -3.71. The van der Waals surface area contributed by atoms with Crippen LogP contribution in [0.5, 0.6) is 0 Å². The van der Waals surface area contributed by atoms with Crippen LogP contribution >= 0.6 is 82.0 Å². The number of hydrogen-bond donors (Lipinski definition) is 7. The van der Waals surface area contributed by atoms with Gasteiger partial charge in [-0.15, -0.1) is 12.4 Å². The third-order valence-corrected chi connectivity index (χ3v) is 16.8. The molecule has 528 valence electrons. The standard InChI is InChI=1S/2C23H14Cl2FN7O.C15H8ClFN4O2.C8H8ClN3.CH4.ClH/c2*24-14-1-2-19-16(6-14)21(31-30-19)9-29-23(34)17-11-33(32-20(17)7-27)10-12-3-13-5-15(25)8-28-22(13)18(26)4-12;16-10-3-9-1-8(2-12(17)14(9)19-5-10)6-21-7-11(15(22)23)13(4-18)20-21;9-5-1-2-7-6(3-5)8(4-10)12-11-7;;/h2*1-6,8,11H,9-10H2,(H,29,34)(H,30,31);1-3,5,7H,6H2,(H,22,23);1-3H,4,10H2,(H,11,12);1H4;1H. The number of hydrogen-bond acceptors (Lipinski definition) is 16. The molecule has 0 aliphatic rings. The smallest absolute Gasteiger partial charge is 0.340 e. The van der Waals surface area contributed by atoms with Crippen LogP contribution in [0.15, 0.2) is 146 Å². The van der Waals surface area contributed by atoms with Gasteiger partial charge >= 0.3 is 5.97 Å². The number of aromatic carboxylic acids is 1. The Bertz CT molecular complexity index is 5750. The molecule has 105 heavy (non-hydrogen) atoms. The number of carbonyl (C=O) groups is 3.